The second-order valence-electron chi connectivity index (χ2n) is 4.14. The van der Waals surface area contributed by atoms with E-state index in [9.17, 15) is 5.02 Å². The van der Waals surface area contributed by atoms with Gasteiger partial charge in [-0.1, -0.05) is 6.07 Å². The number of benzene rings is 1. The lowest BCUT2D eigenvalue weighted by atomic mass is 9.79. The van der Waals surface area contributed by atoms with E-state index in [0.717, 1.165) is 21.7 Å². The Kier molecular flexibility index (Phi) is 3.33. The van der Waals surface area contributed by atoms with Gasteiger partial charge in [-0.15, -0.1) is 0 Å². The van der Waals surface area contributed by atoms with Crippen LogP contribution < -0.4 is 10.2 Å². The summed E-state index contributed by atoms with van der Waals surface area (Å²) in [5, 5.41) is 19.5. The van der Waals surface area contributed by atoms with E-state index in [-0.39, 0.29) is 5.75 Å². The predicted molar refractivity (Wildman–Crippen MR) is 74.2 cm³/mol. The summed E-state index contributed by atoms with van der Waals surface area (Å²) in [5.74, 6) is 0.141. The van der Waals surface area contributed by atoms with Crippen molar-refractivity contribution in [1.29, 1.82) is 0 Å². The van der Waals surface area contributed by atoms with Crippen LogP contribution in [0.3, 0.4) is 0 Å². The number of fused-ring (bicyclic) bond motifs is 1. The third-order valence-corrected chi connectivity index (χ3v) is 3.59. The number of nitrogens with zero attached hydrogens (tertiary/aromatic N) is 1. The monoisotopic (exact) mass is 274 g/mol. The Morgan fingerprint density at radius 3 is 3.00 bits per heavy atom. The molecule has 96 valence electrons. The third kappa shape index (κ3) is 2.68. The largest absolute Gasteiger partial charge is 0.506 e. The predicted octanol–water partition coefficient (Wildman–Crippen LogP) is 1.12. The van der Waals surface area contributed by atoms with Gasteiger partial charge >= 0.3 is 7.12 Å². The first-order chi connectivity index (χ1) is 9.22. The van der Waals surface area contributed by atoms with E-state index >= 15 is 0 Å². The Labute approximate surface area is 114 Å². The maximum Gasteiger partial charge on any atom is 0.491 e. The quantitative estimate of drug-likeness (QED) is 0.575. The van der Waals surface area contributed by atoms with Crippen molar-refractivity contribution in [2.24, 2.45) is 0 Å². The highest BCUT2D eigenvalue weighted by Crippen LogP contribution is 2.21. The van der Waals surface area contributed by atoms with Gasteiger partial charge in [0.05, 0.1) is 12.8 Å². The number of aromatic nitrogens is 1. The molecular weight excluding hydrogens is 263 g/mol. The Bertz CT molecular complexity index is 594. The summed E-state index contributed by atoms with van der Waals surface area (Å²) in [6.07, 6.45) is 1.39. The number of anilines is 1. The fourth-order valence-corrected chi connectivity index (χ4v) is 2.41. The minimum Gasteiger partial charge on any atom is -0.506 e. The molecule has 0 aliphatic carbocycles. The molecule has 3 rings (SSSR count). The van der Waals surface area contributed by atoms with Crippen molar-refractivity contribution in [1.82, 2.24) is 4.98 Å². The molecule has 0 saturated heterocycles. The van der Waals surface area contributed by atoms with Crippen molar-refractivity contribution in [3.8, 4) is 5.75 Å². The Morgan fingerprint density at radius 1 is 1.32 bits per heavy atom. The van der Waals surface area contributed by atoms with Crippen LogP contribution in [0, 0.1) is 0 Å². The van der Waals surface area contributed by atoms with Gasteiger partial charge in [0.2, 0.25) is 0 Å². The first kappa shape index (κ1) is 12.3. The van der Waals surface area contributed by atoms with Gasteiger partial charge in [0.25, 0.3) is 0 Å². The summed E-state index contributed by atoms with van der Waals surface area (Å²) in [4.78, 5) is 4.06. The van der Waals surface area contributed by atoms with Gasteiger partial charge in [0.1, 0.15) is 10.8 Å². The molecule has 0 bridgehead atoms. The topological polar surface area (TPSA) is 74.6 Å². The van der Waals surface area contributed by atoms with Crippen LogP contribution >= 0.6 is 11.9 Å². The number of rotatable bonds is 3. The van der Waals surface area contributed by atoms with Crippen LogP contribution in [-0.2, 0) is 11.3 Å². The smallest absolute Gasteiger partial charge is 0.491 e. The van der Waals surface area contributed by atoms with Crippen LogP contribution in [0.5, 0.6) is 5.75 Å². The van der Waals surface area contributed by atoms with E-state index in [4.69, 9.17) is 9.76 Å². The van der Waals surface area contributed by atoms with Crippen LogP contribution in [0.2, 0.25) is 0 Å². The summed E-state index contributed by atoms with van der Waals surface area (Å²) in [7, 11) is -0.839. The van der Waals surface area contributed by atoms with Crippen molar-refractivity contribution in [3.63, 3.8) is 0 Å². The van der Waals surface area contributed by atoms with Crippen LogP contribution in [0.1, 0.15) is 5.56 Å². The number of pyridine rings is 1. The minimum atomic E-state index is -0.839. The highest BCUT2D eigenvalue weighted by molar-refractivity contribution is 8.00. The molecule has 0 fully saturated rings. The first-order valence-electron chi connectivity index (χ1n) is 5.73. The van der Waals surface area contributed by atoms with Crippen molar-refractivity contribution >= 4 is 30.2 Å². The SMILES string of the molecule is OB1OCc2ccc(NSc3ccc(O)cn3)cc21. The Balaban J connectivity index is 1.70. The highest BCUT2D eigenvalue weighted by atomic mass is 32.2. The van der Waals surface area contributed by atoms with E-state index in [1.165, 1.54) is 18.1 Å². The molecule has 7 heteroatoms. The molecule has 0 amide bonds. The molecule has 0 saturated carbocycles. The first-order valence-corrected chi connectivity index (χ1v) is 6.54. The van der Waals surface area contributed by atoms with Crippen LogP contribution in [0.4, 0.5) is 5.69 Å². The lowest BCUT2D eigenvalue weighted by molar-refractivity contribution is 0.275. The van der Waals surface area contributed by atoms with E-state index in [1.807, 2.05) is 18.2 Å². The molecule has 2 heterocycles. The van der Waals surface area contributed by atoms with Crippen molar-refractivity contribution in [2.45, 2.75) is 11.6 Å². The van der Waals surface area contributed by atoms with E-state index in [2.05, 4.69) is 9.71 Å². The van der Waals surface area contributed by atoms with Crippen molar-refractivity contribution in [3.05, 3.63) is 42.1 Å². The summed E-state index contributed by atoms with van der Waals surface area (Å²) >= 11 is 1.33. The summed E-state index contributed by atoms with van der Waals surface area (Å²) in [6.45, 7) is 0.448. The van der Waals surface area contributed by atoms with Crippen molar-refractivity contribution < 1.29 is 14.8 Å². The molecule has 1 aliphatic heterocycles. The Morgan fingerprint density at radius 2 is 2.21 bits per heavy atom. The third-order valence-electron chi connectivity index (χ3n) is 2.80. The van der Waals surface area contributed by atoms with Gasteiger partial charge in [-0.05, 0) is 35.3 Å². The van der Waals surface area contributed by atoms with E-state index in [0.29, 0.717) is 6.61 Å². The number of nitrogens with one attached hydrogen (secondary N) is 1. The Hall–Kier alpha value is -1.70. The zero-order valence-electron chi connectivity index (χ0n) is 9.91. The number of aromatic hydroxyl groups is 1. The highest BCUT2D eigenvalue weighted by Gasteiger charge is 2.27. The van der Waals surface area contributed by atoms with Gasteiger partial charge in [-0.3, -0.25) is 0 Å². The minimum absolute atomic E-state index is 0.141. The molecule has 2 aromatic rings. The molecule has 19 heavy (non-hydrogen) atoms. The zero-order chi connectivity index (χ0) is 13.2. The van der Waals surface area contributed by atoms with Gasteiger partial charge in [0.15, 0.2) is 0 Å². The molecular formula is C12H11BN2O3S. The molecule has 1 aromatic carbocycles. The molecule has 3 N–H and O–H groups in total. The average molecular weight is 274 g/mol. The van der Waals surface area contributed by atoms with Gasteiger partial charge in [0, 0.05) is 17.6 Å². The summed E-state index contributed by atoms with van der Waals surface area (Å²) in [6, 6.07) is 9.02. The second kappa shape index (κ2) is 5.12. The lowest BCUT2D eigenvalue weighted by Gasteiger charge is -2.07. The zero-order valence-corrected chi connectivity index (χ0v) is 10.7. The maximum atomic E-state index is 9.62. The molecule has 0 spiro atoms. The molecule has 0 radical (unpaired) electrons. The van der Waals surface area contributed by atoms with Crippen LogP contribution in [0.15, 0.2) is 41.6 Å². The number of hydrogen-bond donors (Lipinski definition) is 3. The molecule has 0 unspecified atom stereocenters. The van der Waals surface area contributed by atoms with Crippen LogP contribution in [-0.4, -0.2) is 22.2 Å². The summed E-state index contributed by atoms with van der Waals surface area (Å²) < 4.78 is 8.27. The second-order valence-corrected chi connectivity index (χ2v) is 4.96. The normalized spacial score (nSPS) is 13.4. The maximum absolute atomic E-state index is 9.62. The van der Waals surface area contributed by atoms with Crippen molar-refractivity contribution in [2.75, 3.05) is 4.72 Å². The molecule has 1 aliphatic rings. The summed E-state index contributed by atoms with van der Waals surface area (Å²) in [5.41, 5.74) is 2.67. The van der Waals surface area contributed by atoms with E-state index in [1.54, 1.807) is 12.1 Å². The molecule has 5 nitrogen and oxygen atoms in total. The van der Waals surface area contributed by atoms with E-state index < -0.39 is 7.12 Å². The van der Waals surface area contributed by atoms with Gasteiger partial charge in [-0.25, -0.2) is 4.98 Å². The lowest BCUT2D eigenvalue weighted by Crippen LogP contribution is -2.28. The van der Waals surface area contributed by atoms with Crippen LogP contribution in [0.25, 0.3) is 0 Å². The molecule has 0 atom stereocenters. The van der Waals surface area contributed by atoms with Gasteiger partial charge in [-0.2, -0.15) is 0 Å². The number of hydrogen-bond acceptors (Lipinski definition) is 6. The fourth-order valence-electron chi connectivity index (χ4n) is 1.82. The fraction of sp³-hybridized carbons (Fsp3) is 0.0833. The average Bonchev–Trinajstić information content (AvgIpc) is 2.80. The molecule has 1 aromatic heterocycles. The van der Waals surface area contributed by atoms with Gasteiger partial charge < -0.3 is 19.5 Å². The standard InChI is InChI=1S/C12H11BN2O3S/c16-10-3-4-12(14-6-10)19-15-9-2-1-8-7-18-13(17)11(8)5-9/h1-6,15-17H,7H2.